The molecular formula is C32H33N5O4S. The fourth-order valence-electron chi connectivity index (χ4n) is 4.66. The molecule has 0 spiro atoms. The molecule has 5 rings (SSSR count). The van der Waals surface area contributed by atoms with Gasteiger partial charge in [-0.3, -0.25) is 19.4 Å². The third-order valence-electron chi connectivity index (χ3n) is 7.07. The number of nitrogens with one attached hydrogen (secondary N) is 2. The molecule has 0 bridgehead atoms. The largest absolute Gasteiger partial charge is 0.497 e. The van der Waals surface area contributed by atoms with Crippen molar-refractivity contribution >= 4 is 46.2 Å². The summed E-state index contributed by atoms with van der Waals surface area (Å²) in [7, 11) is 1.60. The van der Waals surface area contributed by atoms with Crippen molar-refractivity contribution in [2.24, 2.45) is 9.98 Å². The molecule has 2 aliphatic heterocycles. The number of methoxy groups -OCH3 is 1. The minimum atomic E-state index is -0.886. The smallest absolute Gasteiger partial charge is 0.259 e. The minimum absolute atomic E-state index is 0.0939. The van der Waals surface area contributed by atoms with Crippen LogP contribution in [0.1, 0.15) is 42.0 Å². The molecule has 10 heteroatoms. The van der Waals surface area contributed by atoms with Crippen molar-refractivity contribution in [1.82, 2.24) is 15.5 Å². The molecule has 0 fully saturated rings. The zero-order valence-electron chi connectivity index (χ0n) is 23.8. The Labute approximate surface area is 249 Å². The Kier molecular flexibility index (Phi) is 9.02. The van der Waals surface area contributed by atoms with E-state index in [9.17, 15) is 14.4 Å². The molecule has 2 unspecified atom stereocenters. The van der Waals surface area contributed by atoms with Crippen molar-refractivity contribution in [3.05, 3.63) is 95.1 Å². The van der Waals surface area contributed by atoms with E-state index < -0.39 is 11.3 Å². The third kappa shape index (κ3) is 6.54. The average Bonchev–Trinajstić information content (AvgIpc) is 3.34. The van der Waals surface area contributed by atoms with E-state index in [1.807, 2.05) is 86.6 Å². The summed E-state index contributed by atoms with van der Waals surface area (Å²) in [5, 5.41) is 5.80. The SMILES string of the molecule is CCC(SC1=Nc2ccccc2C2=NC(CC(=O)NCc3ccc(OC)cc3)C(=O)N12)C(=O)NCc1ccc(C)cc1. The van der Waals surface area contributed by atoms with Crippen LogP contribution in [-0.2, 0) is 27.5 Å². The van der Waals surface area contributed by atoms with Gasteiger partial charge < -0.3 is 15.4 Å². The molecule has 0 aromatic heterocycles. The Morgan fingerprint density at radius 1 is 0.976 bits per heavy atom. The Hall–Kier alpha value is -4.44. The zero-order chi connectivity index (χ0) is 29.6. The van der Waals surface area contributed by atoms with Gasteiger partial charge in [0.1, 0.15) is 17.6 Å². The summed E-state index contributed by atoms with van der Waals surface area (Å²) in [6.07, 6.45) is 0.445. The standard InChI is InChI=1S/C32H33N5O4S/c1-4-27(30(39)34-19-21-11-9-20(2)10-12-21)42-32-36-25-8-6-5-7-24(25)29-35-26(31(40)37(29)32)17-28(38)33-18-22-13-15-23(41-3)16-14-22/h5-16,26-27H,4,17-19H2,1-3H3,(H,33,38)(H,34,39). The molecule has 0 aliphatic carbocycles. The molecule has 3 aromatic carbocycles. The number of nitrogens with zero attached hydrogens (tertiary/aromatic N) is 3. The van der Waals surface area contributed by atoms with E-state index in [0.717, 1.165) is 22.4 Å². The number of hydrogen-bond donors (Lipinski definition) is 2. The van der Waals surface area contributed by atoms with Crippen LogP contribution in [0.25, 0.3) is 0 Å². The van der Waals surface area contributed by atoms with Crippen molar-refractivity contribution in [1.29, 1.82) is 0 Å². The van der Waals surface area contributed by atoms with E-state index >= 15 is 0 Å². The average molecular weight is 584 g/mol. The molecule has 0 radical (unpaired) electrons. The lowest BCUT2D eigenvalue weighted by Crippen LogP contribution is -2.43. The van der Waals surface area contributed by atoms with Gasteiger partial charge >= 0.3 is 0 Å². The summed E-state index contributed by atoms with van der Waals surface area (Å²) in [5.41, 5.74) is 4.46. The van der Waals surface area contributed by atoms with Gasteiger partial charge in [0, 0.05) is 18.7 Å². The Balaban J connectivity index is 1.28. The lowest BCUT2D eigenvalue weighted by Gasteiger charge is -2.27. The van der Waals surface area contributed by atoms with Crippen LogP contribution in [-0.4, -0.2) is 52.0 Å². The second-order valence-electron chi connectivity index (χ2n) is 10.1. The van der Waals surface area contributed by atoms with Crippen LogP contribution < -0.4 is 15.4 Å². The van der Waals surface area contributed by atoms with Gasteiger partial charge in [0.15, 0.2) is 5.17 Å². The second kappa shape index (κ2) is 13.0. The van der Waals surface area contributed by atoms with E-state index in [1.54, 1.807) is 7.11 Å². The number of aliphatic imine (C=N–C) groups is 2. The molecule has 2 N–H and O–H groups in total. The number of hydrogen-bond acceptors (Lipinski definition) is 7. The lowest BCUT2D eigenvalue weighted by molar-refractivity contribution is -0.128. The first kappa shape index (κ1) is 29.1. The van der Waals surface area contributed by atoms with Gasteiger partial charge in [0.05, 0.1) is 24.5 Å². The van der Waals surface area contributed by atoms with E-state index in [-0.39, 0.29) is 24.1 Å². The number of para-hydroxylation sites is 1. The van der Waals surface area contributed by atoms with E-state index in [1.165, 1.54) is 16.7 Å². The van der Waals surface area contributed by atoms with Crippen LogP contribution >= 0.6 is 11.8 Å². The number of fused-ring (bicyclic) bond motifs is 3. The van der Waals surface area contributed by atoms with Crippen molar-refractivity contribution in [3.63, 3.8) is 0 Å². The number of carbonyl (C=O) groups is 3. The number of rotatable bonds is 10. The fourth-order valence-corrected chi connectivity index (χ4v) is 5.71. The number of ether oxygens (including phenoxy) is 1. The van der Waals surface area contributed by atoms with Crippen LogP contribution in [0, 0.1) is 6.92 Å². The number of amidine groups is 2. The second-order valence-corrected chi connectivity index (χ2v) is 11.3. The number of amides is 3. The molecule has 42 heavy (non-hydrogen) atoms. The number of carbonyl (C=O) groups excluding carboxylic acids is 3. The van der Waals surface area contributed by atoms with Crippen LogP contribution in [0.15, 0.2) is 82.8 Å². The molecule has 2 atom stereocenters. The van der Waals surface area contributed by atoms with Gasteiger partial charge in [0.2, 0.25) is 11.8 Å². The molecule has 0 saturated heterocycles. The summed E-state index contributed by atoms with van der Waals surface area (Å²) in [6.45, 7) is 4.68. The normalized spacial score (nSPS) is 16.1. The van der Waals surface area contributed by atoms with Gasteiger partial charge in [-0.2, -0.15) is 0 Å². The van der Waals surface area contributed by atoms with Gasteiger partial charge in [-0.1, -0.05) is 72.8 Å². The summed E-state index contributed by atoms with van der Waals surface area (Å²) in [6, 6.07) is 22.0. The van der Waals surface area contributed by atoms with E-state index in [0.29, 0.717) is 41.8 Å². The van der Waals surface area contributed by atoms with Gasteiger partial charge in [-0.05, 0) is 48.7 Å². The van der Waals surface area contributed by atoms with Gasteiger partial charge in [-0.15, -0.1) is 0 Å². The van der Waals surface area contributed by atoms with Crippen LogP contribution in [0.2, 0.25) is 0 Å². The molecular weight excluding hydrogens is 550 g/mol. The van der Waals surface area contributed by atoms with E-state index in [2.05, 4.69) is 15.6 Å². The van der Waals surface area contributed by atoms with Crippen molar-refractivity contribution in [2.45, 2.75) is 51.1 Å². The summed E-state index contributed by atoms with van der Waals surface area (Å²) >= 11 is 1.24. The maximum Gasteiger partial charge on any atom is 0.259 e. The highest BCUT2D eigenvalue weighted by atomic mass is 32.2. The molecule has 9 nitrogen and oxygen atoms in total. The first-order chi connectivity index (χ1) is 20.4. The first-order valence-electron chi connectivity index (χ1n) is 13.9. The fraction of sp³-hybridized carbons (Fsp3) is 0.281. The predicted molar refractivity (Wildman–Crippen MR) is 165 cm³/mol. The van der Waals surface area contributed by atoms with Gasteiger partial charge in [-0.25, -0.2) is 9.89 Å². The quantitative estimate of drug-likeness (QED) is 0.365. The third-order valence-corrected chi connectivity index (χ3v) is 8.39. The maximum atomic E-state index is 13.6. The molecule has 2 heterocycles. The highest BCUT2D eigenvalue weighted by Crippen LogP contribution is 2.35. The predicted octanol–water partition coefficient (Wildman–Crippen LogP) is 4.50. The summed E-state index contributed by atoms with van der Waals surface area (Å²) < 4.78 is 5.18. The van der Waals surface area contributed by atoms with Gasteiger partial charge in [0.25, 0.3) is 5.91 Å². The maximum absolute atomic E-state index is 13.6. The summed E-state index contributed by atoms with van der Waals surface area (Å²) in [5.74, 6) is 0.439. The Morgan fingerprint density at radius 2 is 1.64 bits per heavy atom. The Morgan fingerprint density at radius 3 is 2.33 bits per heavy atom. The van der Waals surface area contributed by atoms with E-state index in [4.69, 9.17) is 9.73 Å². The molecule has 3 amide bonds. The molecule has 0 saturated carbocycles. The molecule has 2 aliphatic rings. The van der Waals surface area contributed by atoms with Crippen LogP contribution in [0.3, 0.4) is 0 Å². The molecule has 216 valence electrons. The Bertz CT molecular complexity index is 1540. The highest BCUT2D eigenvalue weighted by Gasteiger charge is 2.43. The van der Waals surface area contributed by atoms with Crippen LogP contribution in [0.5, 0.6) is 5.75 Å². The zero-order valence-corrected chi connectivity index (χ0v) is 24.6. The van der Waals surface area contributed by atoms with Crippen molar-refractivity contribution < 1.29 is 19.1 Å². The van der Waals surface area contributed by atoms with Crippen molar-refractivity contribution in [2.75, 3.05) is 7.11 Å². The first-order valence-corrected chi connectivity index (χ1v) is 14.7. The minimum Gasteiger partial charge on any atom is -0.497 e. The number of thioether (sulfide) groups is 1. The lowest BCUT2D eigenvalue weighted by atomic mass is 10.1. The molecule has 3 aromatic rings. The monoisotopic (exact) mass is 583 g/mol. The topological polar surface area (TPSA) is 112 Å². The van der Waals surface area contributed by atoms with Crippen molar-refractivity contribution in [3.8, 4) is 5.75 Å². The summed E-state index contributed by atoms with van der Waals surface area (Å²) in [4.78, 5) is 50.5. The highest BCUT2D eigenvalue weighted by molar-refractivity contribution is 8.15. The number of benzene rings is 3. The van der Waals surface area contributed by atoms with Crippen LogP contribution in [0.4, 0.5) is 5.69 Å². The number of aryl methyl sites for hydroxylation is 1.